The zero-order valence-corrected chi connectivity index (χ0v) is 17.8. The minimum Gasteiger partial charge on any atom is -0.469 e. The van der Waals surface area contributed by atoms with Crippen molar-refractivity contribution in [3.8, 4) is 0 Å². The molecule has 162 valence electrons. The summed E-state index contributed by atoms with van der Waals surface area (Å²) in [5, 5.41) is 31.2. The smallest absolute Gasteiger partial charge is 0.305 e. The second kappa shape index (κ2) is 13.1. The lowest BCUT2D eigenvalue weighted by Gasteiger charge is -2.23. The van der Waals surface area contributed by atoms with Gasteiger partial charge < -0.3 is 20.1 Å². The molecule has 0 aromatic carbocycles. The molecule has 0 radical (unpaired) electrons. The third kappa shape index (κ3) is 9.35. The van der Waals surface area contributed by atoms with Gasteiger partial charge in [-0.25, -0.2) is 0 Å². The molecule has 1 rings (SSSR count). The number of unbranched alkanes of at least 4 members (excludes halogenated alkanes) is 4. The first-order valence-corrected chi connectivity index (χ1v) is 10.8. The molecule has 1 fully saturated rings. The summed E-state index contributed by atoms with van der Waals surface area (Å²) in [5.74, 6) is -0.354. The maximum Gasteiger partial charge on any atom is 0.305 e. The van der Waals surface area contributed by atoms with Crippen molar-refractivity contribution in [3.05, 3.63) is 24.3 Å². The zero-order chi connectivity index (χ0) is 21.0. The molecule has 0 heterocycles. The first-order chi connectivity index (χ1) is 13.3. The van der Waals surface area contributed by atoms with E-state index in [1.165, 1.54) is 7.11 Å². The fraction of sp³-hybridized carbons (Fsp3) is 0.783. The van der Waals surface area contributed by atoms with Crippen LogP contribution in [-0.2, 0) is 9.53 Å². The van der Waals surface area contributed by atoms with Crippen LogP contribution in [0.5, 0.6) is 0 Å². The Morgan fingerprint density at radius 3 is 2.57 bits per heavy atom. The summed E-state index contributed by atoms with van der Waals surface area (Å²) in [6.07, 6.45) is 14.8. The molecule has 0 bridgehead atoms. The molecular weight excluding hydrogens is 356 g/mol. The molecule has 0 saturated heterocycles. The van der Waals surface area contributed by atoms with Crippen LogP contribution in [0.1, 0.15) is 78.1 Å². The SMILES string of the molecule is CCCCC[C@](C)(O)/C=C/[C@@H]1[C@@H](C/C=C\CCCCC(=O)OC)[C@@H](O)C[C@H]1O. The number of methoxy groups -OCH3 is 1. The summed E-state index contributed by atoms with van der Waals surface area (Å²) < 4.78 is 4.62. The molecule has 28 heavy (non-hydrogen) atoms. The minimum absolute atomic E-state index is 0.0380. The Labute approximate surface area is 170 Å². The fourth-order valence-electron chi connectivity index (χ4n) is 3.85. The Hall–Kier alpha value is -1.17. The van der Waals surface area contributed by atoms with Crippen LogP contribution in [0.25, 0.3) is 0 Å². The molecule has 1 aliphatic carbocycles. The number of hydrogen-bond donors (Lipinski definition) is 3. The standard InChI is InChI=1S/C23H40O5/c1-4-5-11-15-23(2,27)16-14-19-18(20(24)17-21(19)25)12-9-7-6-8-10-13-22(26)28-3/h7,9,14,16,18-21,24-25,27H,4-6,8,10-13,15,17H2,1-3H3/b9-7-,16-14+/t18-,19-,20+,21-,23+/m1/s1. The van der Waals surface area contributed by atoms with Crippen molar-refractivity contribution in [1.29, 1.82) is 0 Å². The molecule has 1 aliphatic rings. The van der Waals surface area contributed by atoms with E-state index in [1.54, 1.807) is 13.0 Å². The topological polar surface area (TPSA) is 87.0 Å². The van der Waals surface area contributed by atoms with Crippen molar-refractivity contribution in [2.24, 2.45) is 11.8 Å². The second-order valence-corrected chi connectivity index (χ2v) is 8.31. The van der Waals surface area contributed by atoms with Crippen molar-refractivity contribution in [2.75, 3.05) is 7.11 Å². The van der Waals surface area contributed by atoms with Gasteiger partial charge in [0.1, 0.15) is 0 Å². The molecule has 0 spiro atoms. The van der Waals surface area contributed by atoms with Crippen LogP contribution in [0.15, 0.2) is 24.3 Å². The number of allylic oxidation sites excluding steroid dienone is 2. The number of rotatable bonds is 13. The van der Waals surface area contributed by atoms with Gasteiger partial charge in [-0.3, -0.25) is 4.79 Å². The Bertz CT molecular complexity index is 497. The molecule has 5 heteroatoms. The number of hydrogen-bond acceptors (Lipinski definition) is 5. The molecule has 3 N–H and O–H groups in total. The fourth-order valence-corrected chi connectivity index (χ4v) is 3.85. The lowest BCUT2D eigenvalue weighted by atomic mass is 9.88. The minimum atomic E-state index is -0.873. The van der Waals surface area contributed by atoms with E-state index in [1.807, 2.05) is 6.08 Å². The van der Waals surface area contributed by atoms with Crippen molar-refractivity contribution >= 4 is 5.97 Å². The number of ether oxygens (including phenoxy) is 1. The Morgan fingerprint density at radius 2 is 1.89 bits per heavy atom. The molecule has 0 aliphatic heterocycles. The van der Waals surface area contributed by atoms with E-state index in [9.17, 15) is 20.1 Å². The first-order valence-electron chi connectivity index (χ1n) is 10.8. The predicted molar refractivity (Wildman–Crippen MR) is 112 cm³/mol. The van der Waals surface area contributed by atoms with Gasteiger partial charge in [-0.2, -0.15) is 0 Å². The van der Waals surface area contributed by atoms with Crippen LogP contribution >= 0.6 is 0 Å². The maximum atomic E-state index is 11.1. The highest BCUT2D eigenvalue weighted by atomic mass is 16.5. The third-order valence-electron chi connectivity index (χ3n) is 5.68. The lowest BCUT2D eigenvalue weighted by molar-refractivity contribution is -0.140. The van der Waals surface area contributed by atoms with Crippen molar-refractivity contribution in [1.82, 2.24) is 0 Å². The second-order valence-electron chi connectivity index (χ2n) is 8.31. The quantitative estimate of drug-likeness (QED) is 0.250. The van der Waals surface area contributed by atoms with Crippen molar-refractivity contribution < 1.29 is 24.9 Å². The van der Waals surface area contributed by atoms with Crippen LogP contribution in [-0.4, -0.2) is 46.2 Å². The van der Waals surface area contributed by atoms with Crippen LogP contribution in [0, 0.1) is 11.8 Å². The van der Waals surface area contributed by atoms with Crippen LogP contribution < -0.4 is 0 Å². The molecule has 5 nitrogen and oxygen atoms in total. The molecule has 0 aromatic rings. The van der Waals surface area contributed by atoms with Crippen LogP contribution in [0.2, 0.25) is 0 Å². The molecule has 0 amide bonds. The van der Waals surface area contributed by atoms with E-state index in [-0.39, 0.29) is 17.8 Å². The number of aliphatic hydroxyl groups is 3. The average molecular weight is 397 g/mol. The van der Waals surface area contributed by atoms with Gasteiger partial charge in [-0.1, -0.05) is 50.5 Å². The van der Waals surface area contributed by atoms with Gasteiger partial charge in [0.25, 0.3) is 0 Å². The van der Waals surface area contributed by atoms with E-state index in [0.29, 0.717) is 25.7 Å². The molecular formula is C23H40O5. The van der Waals surface area contributed by atoms with Crippen molar-refractivity contribution in [3.63, 3.8) is 0 Å². The van der Waals surface area contributed by atoms with E-state index < -0.39 is 17.8 Å². The molecule has 5 atom stereocenters. The van der Waals surface area contributed by atoms with Crippen molar-refractivity contribution in [2.45, 2.75) is 95.9 Å². The number of esters is 1. The van der Waals surface area contributed by atoms with Crippen LogP contribution in [0.3, 0.4) is 0 Å². The van der Waals surface area contributed by atoms with E-state index >= 15 is 0 Å². The molecule has 1 saturated carbocycles. The first kappa shape index (κ1) is 24.9. The molecule has 0 aromatic heterocycles. The van der Waals surface area contributed by atoms with Gasteiger partial charge >= 0.3 is 5.97 Å². The predicted octanol–water partition coefficient (Wildman–Crippen LogP) is 3.91. The normalized spacial score (nSPS) is 27.5. The average Bonchev–Trinajstić information content (AvgIpc) is 2.91. The van der Waals surface area contributed by atoms with E-state index in [2.05, 4.69) is 23.8 Å². The Balaban J connectivity index is 2.48. The van der Waals surface area contributed by atoms with E-state index in [0.717, 1.165) is 38.5 Å². The Morgan fingerprint density at radius 1 is 1.14 bits per heavy atom. The van der Waals surface area contributed by atoms with Gasteiger partial charge in [-0.15, -0.1) is 0 Å². The highest BCUT2D eigenvalue weighted by molar-refractivity contribution is 5.68. The zero-order valence-electron chi connectivity index (χ0n) is 17.8. The highest BCUT2D eigenvalue weighted by Gasteiger charge is 2.39. The van der Waals surface area contributed by atoms with Crippen LogP contribution in [0.4, 0.5) is 0 Å². The lowest BCUT2D eigenvalue weighted by Crippen LogP contribution is -2.24. The summed E-state index contributed by atoms with van der Waals surface area (Å²) in [4.78, 5) is 11.1. The molecule has 0 unspecified atom stereocenters. The summed E-state index contributed by atoms with van der Waals surface area (Å²) >= 11 is 0. The van der Waals surface area contributed by atoms with Gasteiger partial charge in [0.2, 0.25) is 0 Å². The Kier molecular flexibility index (Phi) is 11.7. The van der Waals surface area contributed by atoms with Gasteiger partial charge in [-0.05, 0) is 44.9 Å². The third-order valence-corrected chi connectivity index (χ3v) is 5.68. The monoisotopic (exact) mass is 396 g/mol. The summed E-state index contributed by atoms with van der Waals surface area (Å²) in [7, 11) is 1.40. The summed E-state index contributed by atoms with van der Waals surface area (Å²) in [6, 6.07) is 0. The van der Waals surface area contributed by atoms with E-state index in [4.69, 9.17) is 0 Å². The van der Waals surface area contributed by atoms with Gasteiger partial charge in [0, 0.05) is 18.8 Å². The maximum absolute atomic E-state index is 11.1. The van der Waals surface area contributed by atoms with Gasteiger partial charge in [0.15, 0.2) is 0 Å². The number of carbonyl (C=O) groups is 1. The highest BCUT2D eigenvalue weighted by Crippen LogP contribution is 2.37. The van der Waals surface area contributed by atoms with Gasteiger partial charge in [0.05, 0.1) is 24.9 Å². The number of aliphatic hydroxyl groups excluding tert-OH is 2. The number of carbonyl (C=O) groups excluding carboxylic acids is 1. The summed E-state index contributed by atoms with van der Waals surface area (Å²) in [6.45, 7) is 3.94. The largest absolute Gasteiger partial charge is 0.469 e. The summed E-state index contributed by atoms with van der Waals surface area (Å²) in [5.41, 5.74) is -0.873.